The van der Waals surface area contributed by atoms with E-state index in [1.807, 2.05) is 62.3 Å². The average Bonchev–Trinajstić information content (AvgIpc) is 2.94. The van der Waals surface area contributed by atoms with E-state index < -0.39 is 0 Å². The molecule has 1 aromatic heterocycles. The van der Waals surface area contributed by atoms with Gasteiger partial charge in [-0.25, -0.2) is 4.98 Å². The molecular weight excluding hydrogens is 318 g/mol. The van der Waals surface area contributed by atoms with Crippen molar-refractivity contribution in [3.8, 4) is 0 Å². The van der Waals surface area contributed by atoms with Gasteiger partial charge in [-0.3, -0.25) is 10.1 Å². The van der Waals surface area contributed by atoms with Crippen LogP contribution in [-0.2, 0) is 4.79 Å². The van der Waals surface area contributed by atoms with E-state index in [0.717, 1.165) is 21.5 Å². The Kier molecular flexibility index (Phi) is 4.62. The maximum atomic E-state index is 12.1. The lowest BCUT2D eigenvalue weighted by molar-refractivity contribution is -0.111. The van der Waals surface area contributed by atoms with Crippen LogP contribution in [0, 0.1) is 6.92 Å². The lowest BCUT2D eigenvalue weighted by atomic mass is 10.2. The average molecular weight is 337 g/mol. The maximum Gasteiger partial charge on any atom is 0.250 e. The minimum atomic E-state index is -0.178. The molecule has 0 spiro atoms. The Bertz CT molecular complexity index is 895. The van der Waals surface area contributed by atoms with Gasteiger partial charge in [0.1, 0.15) is 0 Å². The van der Waals surface area contributed by atoms with Crippen LogP contribution in [-0.4, -0.2) is 25.0 Å². The predicted molar refractivity (Wildman–Crippen MR) is 103 cm³/mol. The van der Waals surface area contributed by atoms with Crippen molar-refractivity contribution in [1.29, 1.82) is 0 Å². The number of anilines is 2. The molecule has 0 atom stereocenters. The van der Waals surface area contributed by atoms with Gasteiger partial charge in [-0.05, 0) is 48.4 Å². The van der Waals surface area contributed by atoms with Crippen molar-refractivity contribution < 1.29 is 4.79 Å². The number of amides is 1. The van der Waals surface area contributed by atoms with Gasteiger partial charge in [-0.15, -0.1) is 0 Å². The van der Waals surface area contributed by atoms with Crippen LogP contribution in [0.3, 0.4) is 0 Å². The molecule has 1 amide bonds. The number of carbonyl (C=O) groups is 1. The van der Waals surface area contributed by atoms with Crippen LogP contribution in [0.2, 0.25) is 0 Å². The molecule has 0 radical (unpaired) electrons. The standard InChI is InChI=1S/C19H19N3OS/c1-13-4-10-16-17(12-13)24-19(20-16)21-18(23)11-7-14-5-8-15(9-6-14)22(2)3/h4-12H,1-3H3,(H,20,21,23)/b11-7+. The number of aromatic nitrogens is 1. The van der Waals surface area contributed by atoms with Gasteiger partial charge in [0.2, 0.25) is 5.91 Å². The molecule has 0 saturated carbocycles. The summed E-state index contributed by atoms with van der Waals surface area (Å²) >= 11 is 1.48. The number of aryl methyl sites for hydroxylation is 1. The largest absolute Gasteiger partial charge is 0.378 e. The van der Waals surface area contributed by atoms with Crippen LogP contribution < -0.4 is 10.2 Å². The molecule has 0 fully saturated rings. The van der Waals surface area contributed by atoms with E-state index in [0.29, 0.717) is 5.13 Å². The summed E-state index contributed by atoms with van der Waals surface area (Å²) < 4.78 is 1.08. The zero-order chi connectivity index (χ0) is 17.1. The predicted octanol–water partition coefficient (Wildman–Crippen LogP) is 4.32. The third-order valence-corrected chi connectivity index (χ3v) is 4.54. The molecule has 0 aliphatic heterocycles. The van der Waals surface area contributed by atoms with Gasteiger partial charge in [0, 0.05) is 25.9 Å². The number of hydrogen-bond donors (Lipinski definition) is 1. The van der Waals surface area contributed by atoms with E-state index in [2.05, 4.69) is 16.4 Å². The van der Waals surface area contributed by atoms with Crippen molar-refractivity contribution in [2.75, 3.05) is 24.3 Å². The molecule has 1 N–H and O–H groups in total. The molecule has 24 heavy (non-hydrogen) atoms. The van der Waals surface area contributed by atoms with Gasteiger partial charge in [0.15, 0.2) is 5.13 Å². The number of nitrogens with one attached hydrogen (secondary N) is 1. The molecule has 3 rings (SSSR count). The number of rotatable bonds is 4. The molecule has 0 bridgehead atoms. The Morgan fingerprint density at radius 1 is 1.17 bits per heavy atom. The van der Waals surface area contributed by atoms with E-state index in [1.54, 1.807) is 6.08 Å². The highest BCUT2D eigenvalue weighted by atomic mass is 32.1. The number of fused-ring (bicyclic) bond motifs is 1. The van der Waals surface area contributed by atoms with Crippen molar-refractivity contribution in [2.45, 2.75) is 6.92 Å². The van der Waals surface area contributed by atoms with Gasteiger partial charge in [0.05, 0.1) is 10.2 Å². The Morgan fingerprint density at radius 2 is 1.92 bits per heavy atom. The molecule has 0 unspecified atom stereocenters. The quantitative estimate of drug-likeness (QED) is 0.721. The fraction of sp³-hybridized carbons (Fsp3) is 0.158. The second kappa shape index (κ2) is 6.84. The lowest BCUT2D eigenvalue weighted by Crippen LogP contribution is -2.08. The second-order valence-corrected chi connectivity index (χ2v) is 6.83. The first-order valence-corrected chi connectivity index (χ1v) is 8.46. The summed E-state index contributed by atoms with van der Waals surface area (Å²) in [5.74, 6) is -0.178. The van der Waals surface area contributed by atoms with E-state index >= 15 is 0 Å². The molecule has 0 saturated heterocycles. The summed E-state index contributed by atoms with van der Waals surface area (Å²) in [4.78, 5) is 18.5. The summed E-state index contributed by atoms with van der Waals surface area (Å²) in [7, 11) is 4.00. The number of thiazole rings is 1. The monoisotopic (exact) mass is 337 g/mol. The van der Waals surface area contributed by atoms with Crippen LogP contribution in [0.5, 0.6) is 0 Å². The number of nitrogens with zero attached hydrogens (tertiary/aromatic N) is 2. The summed E-state index contributed by atoms with van der Waals surface area (Å²) in [6.45, 7) is 2.04. The smallest absolute Gasteiger partial charge is 0.250 e. The SMILES string of the molecule is Cc1ccc2nc(NC(=O)/C=C/c3ccc(N(C)C)cc3)sc2c1. The molecule has 1 heterocycles. The van der Waals surface area contributed by atoms with Gasteiger partial charge in [-0.1, -0.05) is 29.5 Å². The molecule has 2 aromatic carbocycles. The molecule has 3 aromatic rings. The van der Waals surface area contributed by atoms with E-state index in [1.165, 1.54) is 23.0 Å². The zero-order valence-electron chi connectivity index (χ0n) is 13.9. The van der Waals surface area contributed by atoms with E-state index in [-0.39, 0.29) is 5.91 Å². The summed E-state index contributed by atoms with van der Waals surface area (Å²) in [5.41, 5.74) is 4.20. The minimum Gasteiger partial charge on any atom is -0.378 e. The minimum absolute atomic E-state index is 0.178. The Hall–Kier alpha value is -2.66. The Labute approximate surface area is 145 Å². The molecule has 0 aliphatic carbocycles. The van der Waals surface area contributed by atoms with Crippen LogP contribution in [0.4, 0.5) is 10.8 Å². The third-order valence-electron chi connectivity index (χ3n) is 3.61. The lowest BCUT2D eigenvalue weighted by Gasteiger charge is -2.11. The number of benzene rings is 2. The second-order valence-electron chi connectivity index (χ2n) is 5.80. The van der Waals surface area contributed by atoms with Gasteiger partial charge in [0.25, 0.3) is 0 Å². The first kappa shape index (κ1) is 16.2. The van der Waals surface area contributed by atoms with Gasteiger partial charge in [-0.2, -0.15) is 0 Å². The fourth-order valence-electron chi connectivity index (χ4n) is 2.29. The molecule has 4 nitrogen and oxygen atoms in total. The molecular formula is C19H19N3OS. The first-order valence-electron chi connectivity index (χ1n) is 7.65. The van der Waals surface area contributed by atoms with Crippen molar-refractivity contribution >= 4 is 44.4 Å². The number of hydrogen-bond acceptors (Lipinski definition) is 4. The van der Waals surface area contributed by atoms with E-state index in [4.69, 9.17) is 0 Å². The summed E-state index contributed by atoms with van der Waals surface area (Å²) in [6.07, 6.45) is 3.33. The summed E-state index contributed by atoms with van der Waals surface area (Å²) in [5, 5.41) is 3.44. The highest BCUT2D eigenvalue weighted by molar-refractivity contribution is 7.22. The topological polar surface area (TPSA) is 45.2 Å². The maximum absolute atomic E-state index is 12.1. The Morgan fingerprint density at radius 3 is 2.62 bits per heavy atom. The van der Waals surface area contributed by atoms with Crippen molar-refractivity contribution in [2.24, 2.45) is 0 Å². The normalized spacial score (nSPS) is 11.1. The zero-order valence-corrected chi connectivity index (χ0v) is 14.7. The molecule has 122 valence electrons. The molecule has 5 heteroatoms. The fourth-order valence-corrected chi connectivity index (χ4v) is 3.25. The highest BCUT2D eigenvalue weighted by Gasteiger charge is 2.06. The van der Waals surface area contributed by atoms with Crippen molar-refractivity contribution in [1.82, 2.24) is 4.98 Å². The van der Waals surface area contributed by atoms with Crippen molar-refractivity contribution in [3.63, 3.8) is 0 Å². The van der Waals surface area contributed by atoms with E-state index in [9.17, 15) is 4.79 Å². The van der Waals surface area contributed by atoms with Crippen LogP contribution in [0.25, 0.3) is 16.3 Å². The van der Waals surface area contributed by atoms with Gasteiger partial charge < -0.3 is 4.90 Å². The first-order chi connectivity index (χ1) is 11.5. The van der Waals surface area contributed by atoms with Crippen LogP contribution in [0.1, 0.15) is 11.1 Å². The third kappa shape index (κ3) is 3.81. The van der Waals surface area contributed by atoms with Crippen LogP contribution in [0.15, 0.2) is 48.5 Å². The summed E-state index contributed by atoms with van der Waals surface area (Å²) in [6, 6.07) is 14.1. The van der Waals surface area contributed by atoms with Gasteiger partial charge >= 0.3 is 0 Å². The molecule has 0 aliphatic rings. The number of carbonyl (C=O) groups excluding carboxylic acids is 1. The van der Waals surface area contributed by atoms with Crippen molar-refractivity contribution in [3.05, 3.63) is 59.7 Å². The highest BCUT2D eigenvalue weighted by Crippen LogP contribution is 2.26. The van der Waals surface area contributed by atoms with Crippen LogP contribution >= 0.6 is 11.3 Å². The Balaban J connectivity index is 1.67.